The van der Waals surface area contributed by atoms with Gasteiger partial charge in [-0.2, -0.15) is 0 Å². The van der Waals surface area contributed by atoms with Crippen molar-refractivity contribution >= 4 is 23.6 Å². The number of benzene rings is 1. The highest BCUT2D eigenvalue weighted by atomic mass is 32.2. The van der Waals surface area contributed by atoms with Crippen molar-refractivity contribution in [2.24, 2.45) is 5.92 Å². The Bertz CT molecular complexity index is 629. The van der Waals surface area contributed by atoms with Crippen molar-refractivity contribution in [1.82, 2.24) is 9.80 Å². The Balaban J connectivity index is 1.58. The van der Waals surface area contributed by atoms with E-state index in [0.717, 1.165) is 55.8 Å². The highest BCUT2D eigenvalue weighted by molar-refractivity contribution is 7.98. The van der Waals surface area contributed by atoms with Crippen molar-refractivity contribution in [3.8, 4) is 0 Å². The lowest BCUT2D eigenvalue weighted by molar-refractivity contribution is -0.144. The summed E-state index contributed by atoms with van der Waals surface area (Å²) in [5.41, 5.74) is 0.789. The van der Waals surface area contributed by atoms with Crippen molar-refractivity contribution < 1.29 is 14.7 Å². The third-order valence-corrected chi connectivity index (χ3v) is 6.20. The maximum atomic E-state index is 12.8. The lowest BCUT2D eigenvalue weighted by atomic mass is 9.94. The Morgan fingerprint density at radius 3 is 2.52 bits per heavy atom. The zero-order valence-electron chi connectivity index (χ0n) is 14.7. The Morgan fingerprint density at radius 2 is 1.84 bits per heavy atom. The number of rotatable bonds is 4. The number of nitrogens with zero attached hydrogens (tertiary/aromatic N) is 2. The first-order valence-electron chi connectivity index (χ1n) is 8.99. The third-order valence-electron chi connectivity index (χ3n) is 5.41. The number of hydrogen-bond donors (Lipinski definition) is 1. The predicted molar refractivity (Wildman–Crippen MR) is 99.1 cm³/mol. The Labute approximate surface area is 153 Å². The van der Waals surface area contributed by atoms with Crippen LogP contribution in [0.3, 0.4) is 0 Å². The summed E-state index contributed by atoms with van der Waals surface area (Å²) in [6.45, 7) is 3.14. The van der Waals surface area contributed by atoms with Crippen LogP contribution in [-0.2, 0) is 4.79 Å². The molecule has 1 aromatic carbocycles. The normalized spacial score (nSPS) is 22.8. The summed E-state index contributed by atoms with van der Waals surface area (Å²) < 4.78 is 0. The molecule has 1 N–H and O–H groups in total. The molecule has 1 aromatic rings. The molecule has 2 heterocycles. The minimum atomic E-state index is -0.675. The van der Waals surface area contributed by atoms with E-state index >= 15 is 0 Å². The third kappa shape index (κ3) is 4.18. The Kier molecular flexibility index (Phi) is 6.02. The SMILES string of the molecule is CSc1ccccc1C(=O)N1CCC(N2CCC[C@@H](C(=O)O)C2)CC1. The van der Waals surface area contributed by atoms with Gasteiger partial charge in [-0.25, -0.2) is 0 Å². The van der Waals surface area contributed by atoms with Crippen LogP contribution in [0.1, 0.15) is 36.0 Å². The molecular weight excluding hydrogens is 336 g/mol. The summed E-state index contributed by atoms with van der Waals surface area (Å²) in [5.74, 6) is -0.793. The molecule has 2 aliphatic heterocycles. The van der Waals surface area contributed by atoms with Crippen molar-refractivity contribution in [3.05, 3.63) is 29.8 Å². The van der Waals surface area contributed by atoms with Crippen LogP contribution < -0.4 is 0 Å². The van der Waals surface area contributed by atoms with E-state index in [0.29, 0.717) is 12.6 Å². The van der Waals surface area contributed by atoms with Gasteiger partial charge in [0.1, 0.15) is 0 Å². The highest BCUT2D eigenvalue weighted by Crippen LogP contribution is 2.26. The van der Waals surface area contributed by atoms with Gasteiger partial charge in [0.05, 0.1) is 11.5 Å². The number of hydrogen-bond acceptors (Lipinski definition) is 4. The smallest absolute Gasteiger partial charge is 0.307 e. The van der Waals surface area contributed by atoms with E-state index < -0.39 is 5.97 Å². The molecule has 0 bridgehead atoms. The van der Waals surface area contributed by atoms with Gasteiger partial charge in [0, 0.05) is 30.6 Å². The van der Waals surface area contributed by atoms with Crippen molar-refractivity contribution in [2.45, 2.75) is 36.6 Å². The number of carboxylic acid groups (broad SMARTS) is 1. The summed E-state index contributed by atoms with van der Waals surface area (Å²) >= 11 is 1.60. The summed E-state index contributed by atoms with van der Waals surface area (Å²) in [7, 11) is 0. The monoisotopic (exact) mass is 362 g/mol. The first-order chi connectivity index (χ1) is 12.1. The van der Waals surface area contributed by atoms with Gasteiger partial charge in [0.2, 0.25) is 0 Å². The summed E-state index contributed by atoms with van der Waals surface area (Å²) in [6, 6.07) is 8.18. The number of amides is 1. The minimum Gasteiger partial charge on any atom is -0.481 e. The molecule has 6 heteroatoms. The fourth-order valence-corrected chi connectivity index (χ4v) is 4.56. The van der Waals surface area contributed by atoms with Gasteiger partial charge in [-0.05, 0) is 50.6 Å². The number of carbonyl (C=O) groups is 2. The molecule has 3 rings (SSSR count). The van der Waals surface area contributed by atoms with Crippen LogP contribution in [0.15, 0.2) is 29.2 Å². The van der Waals surface area contributed by atoms with Crippen LogP contribution >= 0.6 is 11.8 Å². The Morgan fingerprint density at radius 1 is 1.12 bits per heavy atom. The number of carboxylic acids is 1. The van der Waals surface area contributed by atoms with E-state index in [1.165, 1.54) is 0 Å². The lowest BCUT2D eigenvalue weighted by Crippen LogP contribution is -2.50. The van der Waals surface area contributed by atoms with Crippen LogP contribution in [0.5, 0.6) is 0 Å². The van der Waals surface area contributed by atoms with Gasteiger partial charge >= 0.3 is 5.97 Å². The molecule has 2 fully saturated rings. The fourth-order valence-electron chi connectivity index (χ4n) is 3.97. The predicted octanol–water partition coefficient (Wildman–Crippen LogP) is 2.81. The minimum absolute atomic E-state index is 0.116. The maximum Gasteiger partial charge on any atom is 0.307 e. The van der Waals surface area contributed by atoms with E-state index in [4.69, 9.17) is 0 Å². The zero-order chi connectivity index (χ0) is 17.8. The molecule has 0 spiro atoms. The average Bonchev–Trinajstić information content (AvgIpc) is 2.67. The number of piperidine rings is 2. The summed E-state index contributed by atoms with van der Waals surface area (Å²) in [5, 5.41) is 9.26. The van der Waals surface area contributed by atoms with E-state index in [2.05, 4.69) is 4.90 Å². The molecule has 0 saturated carbocycles. The molecule has 0 unspecified atom stereocenters. The number of carbonyl (C=O) groups excluding carboxylic acids is 1. The molecule has 2 aliphatic rings. The van der Waals surface area contributed by atoms with Gasteiger partial charge in [-0.3, -0.25) is 14.5 Å². The van der Waals surface area contributed by atoms with E-state index in [1.807, 2.05) is 35.4 Å². The molecule has 0 aromatic heterocycles. The maximum absolute atomic E-state index is 12.8. The van der Waals surface area contributed by atoms with Crippen LogP contribution in [0.4, 0.5) is 0 Å². The quantitative estimate of drug-likeness (QED) is 0.835. The molecular formula is C19H26N2O3S. The molecule has 0 radical (unpaired) electrons. The first kappa shape index (κ1) is 18.3. The van der Waals surface area contributed by atoms with Crippen molar-refractivity contribution in [2.75, 3.05) is 32.4 Å². The molecule has 25 heavy (non-hydrogen) atoms. The number of aliphatic carboxylic acids is 1. The van der Waals surface area contributed by atoms with Crippen LogP contribution in [0.2, 0.25) is 0 Å². The zero-order valence-corrected chi connectivity index (χ0v) is 15.5. The van der Waals surface area contributed by atoms with Gasteiger partial charge in [-0.15, -0.1) is 11.8 Å². The molecule has 1 atom stereocenters. The second kappa shape index (κ2) is 8.23. The molecule has 2 saturated heterocycles. The molecule has 136 valence electrons. The molecule has 5 nitrogen and oxygen atoms in total. The number of likely N-dealkylation sites (tertiary alicyclic amines) is 2. The summed E-state index contributed by atoms with van der Waals surface area (Å²) in [6.07, 6.45) is 5.60. The summed E-state index contributed by atoms with van der Waals surface area (Å²) in [4.78, 5) is 29.4. The van der Waals surface area contributed by atoms with Gasteiger partial charge in [-0.1, -0.05) is 12.1 Å². The average molecular weight is 362 g/mol. The molecule has 0 aliphatic carbocycles. The fraction of sp³-hybridized carbons (Fsp3) is 0.579. The first-order valence-corrected chi connectivity index (χ1v) is 10.2. The van der Waals surface area contributed by atoms with E-state index in [9.17, 15) is 14.7 Å². The topological polar surface area (TPSA) is 60.9 Å². The lowest BCUT2D eigenvalue weighted by Gasteiger charge is -2.41. The highest BCUT2D eigenvalue weighted by Gasteiger charge is 2.32. The standard InChI is InChI=1S/C19H26N2O3S/c1-25-17-7-3-2-6-16(17)18(22)20-11-8-15(9-12-20)21-10-4-5-14(13-21)19(23)24/h2-3,6-7,14-15H,4-5,8-13H2,1H3,(H,23,24)/t14-/m1/s1. The Hall–Kier alpha value is -1.53. The van der Waals surface area contributed by atoms with Crippen molar-refractivity contribution in [3.63, 3.8) is 0 Å². The van der Waals surface area contributed by atoms with Gasteiger partial charge < -0.3 is 10.0 Å². The van der Waals surface area contributed by atoms with Gasteiger partial charge in [0.25, 0.3) is 5.91 Å². The van der Waals surface area contributed by atoms with Crippen LogP contribution in [0.25, 0.3) is 0 Å². The second-order valence-corrected chi connectivity index (χ2v) is 7.74. The van der Waals surface area contributed by atoms with Crippen LogP contribution in [0, 0.1) is 5.92 Å². The largest absolute Gasteiger partial charge is 0.481 e. The van der Waals surface area contributed by atoms with E-state index in [-0.39, 0.29) is 11.8 Å². The van der Waals surface area contributed by atoms with Crippen molar-refractivity contribution in [1.29, 1.82) is 0 Å². The number of thioether (sulfide) groups is 1. The molecule has 1 amide bonds. The van der Waals surface area contributed by atoms with Crippen LogP contribution in [-0.4, -0.2) is 65.3 Å². The van der Waals surface area contributed by atoms with Gasteiger partial charge in [0.15, 0.2) is 0 Å². The van der Waals surface area contributed by atoms with E-state index in [1.54, 1.807) is 11.8 Å². The second-order valence-electron chi connectivity index (χ2n) is 6.90.